The fourth-order valence-electron chi connectivity index (χ4n) is 2.67. The zero-order valence-electron chi connectivity index (χ0n) is 16.7. The number of carbonyl (C=O) groups is 3. The van der Waals surface area contributed by atoms with Crippen molar-refractivity contribution >= 4 is 29.3 Å². The van der Waals surface area contributed by atoms with Crippen molar-refractivity contribution in [2.45, 2.75) is 39.4 Å². The van der Waals surface area contributed by atoms with Crippen LogP contribution in [0, 0.1) is 5.92 Å². The highest BCUT2D eigenvalue weighted by atomic mass is 35.5. The Labute approximate surface area is 176 Å². The molecule has 6 nitrogen and oxygen atoms in total. The average Bonchev–Trinajstić information content (AvgIpc) is 2.70. The minimum Gasteiger partial charge on any atom is -0.350 e. The Bertz CT molecular complexity index is 838. The molecule has 0 heterocycles. The van der Waals surface area contributed by atoms with Crippen LogP contribution in [0.1, 0.15) is 36.7 Å². The van der Waals surface area contributed by atoms with Gasteiger partial charge in [-0.25, -0.2) is 0 Å². The van der Waals surface area contributed by atoms with Crippen LogP contribution in [0.3, 0.4) is 0 Å². The van der Waals surface area contributed by atoms with Crippen molar-refractivity contribution in [3.63, 3.8) is 0 Å². The van der Waals surface area contributed by atoms with Crippen molar-refractivity contribution in [3.8, 4) is 0 Å². The molecule has 0 radical (unpaired) electrons. The molecular weight excluding hydrogens is 390 g/mol. The number of rotatable bonds is 8. The standard InChI is InChI=1S/C22H26ClN3O3/c1-14(2)19(26-21(28)17-9-11-18(23)12-10-17)22(29)25-15(3)20(27)24-13-16-7-5-4-6-8-16/h4-12,14-15,19H,13H2,1-3H3,(H,24,27)(H,25,29)(H,26,28). The summed E-state index contributed by atoms with van der Waals surface area (Å²) in [6.45, 7) is 5.64. The van der Waals surface area contributed by atoms with E-state index >= 15 is 0 Å². The van der Waals surface area contributed by atoms with Crippen molar-refractivity contribution in [2.24, 2.45) is 5.92 Å². The van der Waals surface area contributed by atoms with Gasteiger partial charge in [0.2, 0.25) is 11.8 Å². The van der Waals surface area contributed by atoms with E-state index < -0.39 is 18.0 Å². The minimum atomic E-state index is -0.775. The molecule has 154 valence electrons. The largest absolute Gasteiger partial charge is 0.350 e. The monoisotopic (exact) mass is 415 g/mol. The van der Waals surface area contributed by atoms with Crippen LogP contribution < -0.4 is 16.0 Å². The van der Waals surface area contributed by atoms with Gasteiger partial charge in [0.05, 0.1) is 0 Å². The Morgan fingerprint density at radius 1 is 0.862 bits per heavy atom. The molecule has 29 heavy (non-hydrogen) atoms. The number of hydrogen-bond donors (Lipinski definition) is 3. The summed E-state index contributed by atoms with van der Waals surface area (Å²) in [6.07, 6.45) is 0. The van der Waals surface area contributed by atoms with E-state index in [0.29, 0.717) is 17.1 Å². The van der Waals surface area contributed by atoms with Crippen LogP contribution in [-0.2, 0) is 16.1 Å². The summed E-state index contributed by atoms with van der Waals surface area (Å²) in [6, 6.07) is 14.4. The second kappa shape index (κ2) is 10.6. The van der Waals surface area contributed by atoms with Crippen LogP contribution in [0.25, 0.3) is 0 Å². The number of hydrogen-bond acceptors (Lipinski definition) is 3. The fraction of sp³-hybridized carbons (Fsp3) is 0.318. The molecule has 0 aliphatic carbocycles. The summed E-state index contributed by atoms with van der Waals surface area (Å²) in [7, 11) is 0. The van der Waals surface area contributed by atoms with Gasteiger partial charge < -0.3 is 16.0 Å². The Morgan fingerprint density at radius 3 is 2.07 bits per heavy atom. The topological polar surface area (TPSA) is 87.3 Å². The molecule has 0 aliphatic heterocycles. The fourth-order valence-corrected chi connectivity index (χ4v) is 2.79. The first-order chi connectivity index (χ1) is 13.8. The summed E-state index contributed by atoms with van der Waals surface area (Å²) in [5, 5.41) is 8.72. The van der Waals surface area contributed by atoms with Gasteiger partial charge in [-0.1, -0.05) is 55.8 Å². The third-order valence-corrected chi connectivity index (χ3v) is 4.66. The van der Waals surface area contributed by atoms with Crippen molar-refractivity contribution < 1.29 is 14.4 Å². The molecule has 0 saturated heterocycles. The highest BCUT2D eigenvalue weighted by Gasteiger charge is 2.27. The molecule has 2 aromatic rings. The molecule has 0 spiro atoms. The predicted octanol–water partition coefficient (Wildman–Crippen LogP) is 2.92. The molecule has 2 unspecified atom stereocenters. The molecule has 0 saturated carbocycles. The third kappa shape index (κ3) is 6.91. The van der Waals surface area contributed by atoms with Gasteiger partial charge in [0, 0.05) is 17.1 Å². The number of benzene rings is 2. The van der Waals surface area contributed by atoms with Gasteiger partial charge in [0.25, 0.3) is 5.91 Å². The Balaban J connectivity index is 1.92. The van der Waals surface area contributed by atoms with Crippen LogP contribution in [0.15, 0.2) is 54.6 Å². The van der Waals surface area contributed by atoms with Crippen LogP contribution in [0.4, 0.5) is 0 Å². The van der Waals surface area contributed by atoms with E-state index in [0.717, 1.165) is 5.56 Å². The Morgan fingerprint density at radius 2 is 1.48 bits per heavy atom. The smallest absolute Gasteiger partial charge is 0.251 e. The first kappa shape index (κ1) is 22.4. The maximum absolute atomic E-state index is 12.7. The first-order valence-corrected chi connectivity index (χ1v) is 9.84. The summed E-state index contributed by atoms with van der Waals surface area (Å²) in [4.78, 5) is 37.4. The highest BCUT2D eigenvalue weighted by molar-refractivity contribution is 6.30. The lowest BCUT2D eigenvalue weighted by atomic mass is 10.0. The van der Waals surface area contributed by atoms with Crippen LogP contribution in [-0.4, -0.2) is 29.8 Å². The van der Waals surface area contributed by atoms with Gasteiger partial charge in [-0.05, 0) is 42.7 Å². The molecule has 2 rings (SSSR count). The third-order valence-electron chi connectivity index (χ3n) is 4.40. The normalized spacial score (nSPS) is 12.7. The minimum absolute atomic E-state index is 0.161. The van der Waals surface area contributed by atoms with Crippen LogP contribution in [0.5, 0.6) is 0 Å². The second-order valence-electron chi connectivity index (χ2n) is 7.14. The lowest BCUT2D eigenvalue weighted by molar-refractivity contribution is -0.130. The maximum Gasteiger partial charge on any atom is 0.251 e. The molecule has 3 amide bonds. The summed E-state index contributed by atoms with van der Waals surface area (Å²) in [5.74, 6) is -1.25. The summed E-state index contributed by atoms with van der Waals surface area (Å²) < 4.78 is 0. The molecule has 7 heteroatoms. The van der Waals surface area contributed by atoms with Crippen LogP contribution >= 0.6 is 11.6 Å². The molecule has 0 bridgehead atoms. The SMILES string of the molecule is CC(NC(=O)C(NC(=O)c1ccc(Cl)cc1)C(C)C)C(=O)NCc1ccccc1. The van der Waals surface area contributed by atoms with E-state index in [-0.39, 0.29) is 17.7 Å². The van der Waals surface area contributed by atoms with Crippen molar-refractivity contribution in [1.82, 2.24) is 16.0 Å². The number of carbonyl (C=O) groups excluding carboxylic acids is 3. The first-order valence-electron chi connectivity index (χ1n) is 9.46. The molecule has 0 fully saturated rings. The maximum atomic E-state index is 12.7. The lowest BCUT2D eigenvalue weighted by Gasteiger charge is -2.24. The van der Waals surface area contributed by atoms with Gasteiger partial charge in [-0.15, -0.1) is 0 Å². The van der Waals surface area contributed by atoms with Gasteiger partial charge in [-0.2, -0.15) is 0 Å². The number of halogens is 1. The van der Waals surface area contributed by atoms with Gasteiger partial charge in [-0.3, -0.25) is 14.4 Å². The molecule has 3 N–H and O–H groups in total. The summed E-state index contributed by atoms with van der Waals surface area (Å²) in [5.41, 5.74) is 1.37. The number of amides is 3. The quantitative estimate of drug-likeness (QED) is 0.619. The predicted molar refractivity (Wildman–Crippen MR) is 113 cm³/mol. The van der Waals surface area contributed by atoms with Crippen LogP contribution in [0.2, 0.25) is 5.02 Å². The van der Waals surface area contributed by atoms with E-state index in [1.54, 1.807) is 31.2 Å². The average molecular weight is 416 g/mol. The van der Waals surface area contributed by atoms with Gasteiger partial charge in [0.1, 0.15) is 12.1 Å². The van der Waals surface area contributed by atoms with Crippen molar-refractivity contribution in [2.75, 3.05) is 0 Å². The molecule has 0 aromatic heterocycles. The van der Waals surface area contributed by atoms with Gasteiger partial charge >= 0.3 is 0 Å². The van der Waals surface area contributed by atoms with E-state index in [9.17, 15) is 14.4 Å². The van der Waals surface area contributed by atoms with Crippen molar-refractivity contribution in [1.29, 1.82) is 0 Å². The molecule has 2 atom stereocenters. The summed E-state index contributed by atoms with van der Waals surface area (Å²) >= 11 is 5.84. The van der Waals surface area contributed by atoms with Gasteiger partial charge in [0.15, 0.2) is 0 Å². The van der Waals surface area contributed by atoms with E-state index in [1.807, 2.05) is 44.2 Å². The highest BCUT2D eigenvalue weighted by Crippen LogP contribution is 2.11. The molecule has 2 aromatic carbocycles. The molecule has 0 aliphatic rings. The molecular formula is C22H26ClN3O3. The zero-order valence-corrected chi connectivity index (χ0v) is 17.5. The Hall–Kier alpha value is -2.86. The second-order valence-corrected chi connectivity index (χ2v) is 7.57. The van der Waals surface area contributed by atoms with E-state index in [1.165, 1.54) is 0 Å². The van der Waals surface area contributed by atoms with Crippen molar-refractivity contribution in [3.05, 3.63) is 70.7 Å². The lowest BCUT2D eigenvalue weighted by Crippen LogP contribution is -2.54. The zero-order chi connectivity index (χ0) is 21.4. The van der Waals surface area contributed by atoms with E-state index in [2.05, 4.69) is 16.0 Å². The van der Waals surface area contributed by atoms with E-state index in [4.69, 9.17) is 11.6 Å². The number of nitrogens with one attached hydrogen (secondary N) is 3. The Kier molecular flexibility index (Phi) is 8.21.